The van der Waals surface area contributed by atoms with Gasteiger partial charge in [0, 0.05) is 17.6 Å². The van der Waals surface area contributed by atoms with Crippen LogP contribution in [0.15, 0.2) is 29.2 Å². The van der Waals surface area contributed by atoms with E-state index in [2.05, 4.69) is 19.4 Å². The van der Waals surface area contributed by atoms with E-state index in [-0.39, 0.29) is 12.4 Å². The zero-order valence-electron chi connectivity index (χ0n) is 16.8. The van der Waals surface area contributed by atoms with Gasteiger partial charge in [-0.25, -0.2) is 4.98 Å². The summed E-state index contributed by atoms with van der Waals surface area (Å²) in [5.41, 5.74) is 5.79. The third-order valence-corrected chi connectivity index (χ3v) is 6.73. The highest BCUT2D eigenvalue weighted by Gasteiger charge is 2.39. The molecule has 4 N–H and O–H groups in total. The fourth-order valence-electron chi connectivity index (χ4n) is 4.02. The fourth-order valence-corrected chi connectivity index (χ4v) is 4.87. The standard InChI is InChI=1S/C20H19N7O4S/c21-17-10-3-4-11-13(16(10)32-25-17)19(29)23-18(22-11)14(28)15-20(30)26(7-8-31-15)12-5-6-27(24-12)9-1-2-9/h3-6,9,14-15,28H,1-2,7-8H2,(H2,21,25)(H,22,23,29). The van der Waals surface area contributed by atoms with Gasteiger partial charge in [0.05, 0.1) is 34.8 Å². The number of ether oxygens (including phenoxy) is 1. The normalized spacial score (nSPS) is 20.3. The number of anilines is 2. The Morgan fingerprint density at radius 3 is 2.94 bits per heavy atom. The zero-order chi connectivity index (χ0) is 22.0. The van der Waals surface area contributed by atoms with Gasteiger partial charge in [-0.15, -0.1) is 0 Å². The molecule has 6 rings (SSSR count). The highest BCUT2D eigenvalue weighted by molar-refractivity contribution is 7.14. The number of morpholine rings is 1. The van der Waals surface area contributed by atoms with Crippen LogP contribution in [0.1, 0.15) is 30.8 Å². The Balaban J connectivity index is 1.33. The molecule has 1 amide bonds. The molecule has 0 bridgehead atoms. The van der Waals surface area contributed by atoms with Crippen molar-refractivity contribution in [1.29, 1.82) is 0 Å². The summed E-state index contributed by atoms with van der Waals surface area (Å²) in [5, 5.41) is 16.4. The molecule has 4 heterocycles. The van der Waals surface area contributed by atoms with Gasteiger partial charge in [-0.3, -0.25) is 19.2 Å². The number of aliphatic hydroxyl groups excluding tert-OH is 1. The molecule has 12 heteroatoms. The maximum absolute atomic E-state index is 13.1. The van der Waals surface area contributed by atoms with Gasteiger partial charge >= 0.3 is 0 Å². The first kappa shape index (κ1) is 19.3. The predicted molar refractivity (Wildman–Crippen MR) is 118 cm³/mol. The van der Waals surface area contributed by atoms with E-state index in [1.54, 1.807) is 18.2 Å². The molecule has 0 spiro atoms. The number of carbonyl (C=O) groups is 1. The molecular formula is C20H19N7O4S. The minimum atomic E-state index is -1.45. The molecule has 32 heavy (non-hydrogen) atoms. The van der Waals surface area contributed by atoms with Crippen LogP contribution >= 0.6 is 11.5 Å². The molecular weight excluding hydrogens is 434 g/mol. The number of nitrogens with zero attached hydrogens (tertiary/aromatic N) is 5. The lowest BCUT2D eigenvalue weighted by atomic mass is 10.1. The third-order valence-electron chi connectivity index (χ3n) is 5.84. The largest absolute Gasteiger partial charge is 0.382 e. The summed E-state index contributed by atoms with van der Waals surface area (Å²) in [4.78, 5) is 34.4. The number of benzene rings is 1. The number of amides is 1. The SMILES string of the molecule is Nc1nsc2c1ccc1nc(C(O)C3OCCN(c4ccn(C5CC5)n4)C3=O)[nH]c(=O)c12. The average Bonchev–Trinajstić information content (AvgIpc) is 3.41. The lowest BCUT2D eigenvalue weighted by Crippen LogP contribution is -2.50. The van der Waals surface area contributed by atoms with Crippen LogP contribution in [0, 0.1) is 0 Å². The number of nitrogen functional groups attached to an aromatic ring is 1. The van der Waals surface area contributed by atoms with Gasteiger partial charge in [0.2, 0.25) is 0 Å². The van der Waals surface area contributed by atoms with Crippen LogP contribution in [0.2, 0.25) is 0 Å². The Labute approximate surface area is 184 Å². The molecule has 1 saturated carbocycles. The summed E-state index contributed by atoms with van der Waals surface area (Å²) in [6, 6.07) is 5.56. The number of aromatic nitrogens is 5. The van der Waals surface area contributed by atoms with Crippen molar-refractivity contribution in [2.45, 2.75) is 31.1 Å². The molecule has 2 aliphatic rings. The molecule has 1 aromatic carbocycles. The van der Waals surface area contributed by atoms with Gasteiger partial charge in [0.15, 0.2) is 11.9 Å². The summed E-state index contributed by atoms with van der Waals surface area (Å²) in [6.45, 7) is 0.554. The van der Waals surface area contributed by atoms with Crippen molar-refractivity contribution in [2.24, 2.45) is 0 Å². The minimum absolute atomic E-state index is 0.0388. The smallest absolute Gasteiger partial charge is 0.260 e. The molecule has 164 valence electrons. The quantitative estimate of drug-likeness (QED) is 0.415. The third kappa shape index (κ3) is 2.98. The van der Waals surface area contributed by atoms with E-state index >= 15 is 0 Å². The molecule has 11 nitrogen and oxygen atoms in total. The number of carbonyl (C=O) groups excluding carboxylic acids is 1. The van der Waals surface area contributed by atoms with Crippen LogP contribution in [0.25, 0.3) is 21.0 Å². The highest BCUT2D eigenvalue weighted by atomic mass is 32.1. The lowest BCUT2D eigenvalue weighted by Gasteiger charge is -2.32. The van der Waals surface area contributed by atoms with E-state index in [0.29, 0.717) is 45.2 Å². The van der Waals surface area contributed by atoms with Crippen LogP contribution in [0.3, 0.4) is 0 Å². The number of aliphatic hydroxyl groups is 1. The van der Waals surface area contributed by atoms with Crippen molar-refractivity contribution in [3.8, 4) is 0 Å². The number of H-pyrrole nitrogens is 1. The van der Waals surface area contributed by atoms with Crippen molar-refractivity contribution in [3.63, 3.8) is 0 Å². The summed E-state index contributed by atoms with van der Waals surface area (Å²) < 4.78 is 12.2. The van der Waals surface area contributed by atoms with Crippen molar-refractivity contribution >= 4 is 50.1 Å². The van der Waals surface area contributed by atoms with E-state index < -0.39 is 23.7 Å². The Hall–Kier alpha value is -3.35. The number of hydrogen-bond acceptors (Lipinski definition) is 9. The molecule has 3 aromatic heterocycles. The van der Waals surface area contributed by atoms with Crippen molar-refractivity contribution in [2.75, 3.05) is 23.8 Å². The van der Waals surface area contributed by atoms with Crippen LogP contribution in [0.5, 0.6) is 0 Å². The predicted octanol–water partition coefficient (Wildman–Crippen LogP) is 1.11. The Morgan fingerprint density at radius 1 is 1.28 bits per heavy atom. The number of fused-ring (bicyclic) bond motifs is 3. The molecule has 0 radical (unpaired) electrons. The van der Waals surface area contributed by atoms with Crippen LogP contribution < -0.4 is 16.2 Å². The van der Waals surface area contributed by atoms with Crippen molar-refractivity contribution in [3.05, 3.63) is 40.6 Å². The molecule has 1 aliphatic heterocycles. The van der Waals surface area contributed by atoms with E-state index in [4.69, 9.17) is 10.5 Å². The second-order valence-corrected chi connectivity index (χ2v) is 8.74. The number of nitrogens with one attached hydrogen (secondary N) is 1. The maximum atomic E-state index is 13.1. The topological polar surface area (TPSA) is 152 Å². The average molecular weight is 453 g/mol. The first-order chi connectivity index (χ1) is 15.5. The lowest BCUT2D eigenvalue weighted by molar-refractivity contribution is -0.143. The fraction of sp³-hybridized carbons (Fsp3) is 0.350. The summed E-state index contributed by atoms with van der Waals surface area (Å²) in [7, 11) is 0. The molecule has 1 saturated heterocycles. The van der Waals surface area contributed by atoms with Crippen LogP contribution in [-0.2, 0) is 9.53 Å². The van der Waals surface area contributed by atoms with Gasteiger partial charge in [0.1, 0.15) is 17.7 Å². The van der Waals surface area contributed by atoms with Crippen molar-refractivity contribution in [1.82, 2.24) is 24.1 Å². The van der Waals surface area contributed by atoms with E-state index in [0.717, 1.165) is 24.4 Å². The van der Waals surface area contributed by atoms with Crippen molar-refractivity contribution < 1.29 is 14.6 Å². The summed E-state index contributed by atoms with van der Waals surface area (Å²) in [5.74, 6) is 0.398. The van der Waals surface area contributed by atoms with Crippen LogP contribution in [0.4, 0.5) is 11.6 Å². The van der Waals surface area contributed by atoms with Gasteiger partial charge in [-0.05, 0) is 36.5 Å². The highest BCUT2D eigenvalue weighted by Crippen LogP contribution is 2.35. The second kappa shape index (κ2) is 7.08. The Morgan fingerprint density at radius 2 is 2.12 bits per heavy atom. The van der Waals surface area contributed by atoms with E-state index in [1.165, 1.54) is 4.90 Å². The summed E-state index contributed by atoms with van der Waals surface area (Å²) >= 11 is 1.11. The zero-order valence-corrected chi connectivity index (χ0v) is 17.6. The molecule has 2 atom stereocenters. The number of nitrogens with two attached hydrogens (primary N) is 1. The van der Waals surface area contributed by atoms with Gasteiger partial charge in [-0.1, -0.05) is 0 Å². The van der Waals surface area contributed by atoms with E-state index in [9.17, 15) is 14.7 Å². The van der Waals surface area contributed by atoms with Gasteiger partial charge in [-0.2, -0.15) is 9.47 Å². The molecule has 4 aromatic rings. The molecule has 2 fully saturated rings. The van der Waals surface area contributed by atoms with Gasteiger partial charge in [0.25, 0.3) is 11.5 Å². The number of rotatable bonds is 4. The number of aromatic amines is 1. The Bertz CT molecular complexity index is 1420. The number of hydrogen-bond donors (Lipinski definition) is 3. The summed E-state index contributed by atoms with van der Waals surface area (Å²) in [6.07, 6.45) is 1.37. The minimum Gasteiger partial charge on any atom is -0.382 e. The molecule has 1 aliphatic carbocycles. The first-order valence-electron chi connectivity index (χ1n) is 10.3. The monoisotopic (exact) mass is 453 g/mol. The van der Waals surface area contributed by atoms with Gasteiger partial charge < -0.3 is 20.6 Å². The Kier molecular flexibility index (Phi) is 4.28. The van der Waals surface area contributed by atoms with E-state index in [1.807, 2.05) is 10.9 Å². The van der Waals surface area contributed by atoms with Crippen LogP contribution in [-0.4, -0.2) is 54.4 Å². The molecule has 2 unspecified atom stereocenters. The maximum Gasteiger partial charge on any atom is 0.260 e. The second-order valence-electron chi connectivity index (χ2n) is 7.97. The first-order valence-corrected chi connectivity index (χ1v) is 11.0.